The van der Waals surface area contributed by atoms with E-state index in [1.54, 1.807) is 13.2 Å². The highest BCUT2D eigenvalue weighted by Crippen LogP contribution is 2.36. The smallest absolute Gasteiger partial charge is 0.126 e. The van der Waals surface area contributed by atoms with Gasteiger partial charge in [0, 0.05) is 5.56 Å². The van der Waals surface area contributed by atoms with Crippen LogP contribution in [0.1, 0.15) is 57.6 Å². The second-order valence-electron chi connectivity index (χ2n) is 5.02. The van der Waals surface area contributed by atoms with Crippen LogP contribution in [-0.4, -0.2) is 12.2 Å². The standard InChI is InChI=1S/C16H25ClO2/c1-4-6-8-12(5-2)11-14(18)16-13(17)9-7-10-15(16)19-3/h7,9-10,12,14,18H,4-6,8,11H2,1-3H3. The Hall–Kier alpha value is -0.730. The number of benzene rings is 1. The molecule has 19 heavy (non-hydrogen) atoms. The maximum absolute atomic E-state index is 10.4. The van der Waals surface area contributed by atoms with Gasteiger partial charge in [0.15, 0.2) is 0 Å². The third-order valence-electron chi connectivity index (χ3n) is 3.67. The van der Waals surface area contributed by atoms with Gasteiger partial charge in [-0.15, -0.1) is 0 Å². The normalized spacial score (nSPS) is 14.2. The van der Waals surface area contributed by atoms with Gasteiger partial charge in [0.25, 0.3) is 0 Å². The molecule has 0 saturated carbocycles. The van der Waals surface area contributed by atoms with Crippen molar-refractivity contribution in [1.29, 1.82) is 0 Å². The van der Waals surface area contributed by atoms with Crippen molar-refractivity contribution < 1.29 is 9.84 Å². The summed E-state index contributed by atoms with van der Waals surface area (Å²) in [5, 5.41) is 11.0. The zero-order valence-electron chi connectivity index (χ0n) is 12.2. The largest absolute Gasteiger partial charge is 0.496 e. The minimum Gasteiger partial charge on any atom is -0.496 e. The number of rotatable bonds is 8. The van der Waals surface area contributed by atoms with Gasteiger partial charge in [0.1, 0.15) is 5.75 Å². The molecule has 3 heteroatoms. The summed E-state index contributed by atoms with van der Waals surface area (Å²) < 4.78 is 5.30. The lowest BCUT2D eigenvalue weighted by Gasteiger charge is -2.21. The van der Waals surface area contributed by atoms with Crippen LogP contribution >= 0.6 is 11.6 Å². The van der Waals surface area contributed by atoms with Crippen molar-refractivity contribution in [2.24, 2.45) is 5.92 Å². The van der Waals surface area contributed by atoms with Crippen molar-refractivity contribution in [3.8, 4) is 5.75 Å². The second kappa shape index (κ2) is 8.44. The van der Waals surface area contributed by atoms with Crippen LogP contribution < -0.4 is 4.74 Å². The van der Waals surface area contributed by atoms with Crippen LogP contribution in [0.5, 0.6) is 5.75 Å². The zero-order valence-corrected chi connectivity index (χ0v) is 12.9. The quantitative estimate of drug-likeness (QED) is 0.729. The lowest BCUT2D eigenvalue weighted by Crippen LogP contribution is -2.09. The molecule has 108 valence electrons. The number of hydrogen-bond donors (Lipinski definition) is 1. The summed E-state index contributed by atoms with van der Waals surface area (Å²) in [4.78, 5) is 0. The van der Waals surface area contributed by atoms with Gasteiger partial charge in [-0.25, -0.2) is 0 Å². The van der Waals surface area contributed by atoms with Gasteiger partial charge in [-0.3, -0.25) is 0 Å². The Kier molecular flexibility index (Phi) is 7.25. The molecule has 0 aromatic heterocycles. The Balaban J connectivity index is 2.79. The van der Waals surface area contributed by atoms with Gasteiger partial charge in [0.2, 0.25) is 0 Å². The van der Waals surface area contributed by atoms with Gasteiger partial charge in [-0.2, -0.15) is 0 Å². The summed E-state index contributed by atoms with van der Waals surface area (Å²) in [5.74, 6) is 1.21. The van der Waals surface area contributed by atoms with E-state index in [1.165, 1.54) is 12.8 Å². The van der Waals surface area contributed by atoms with E-state index in [2.05, 4.69) is 13.8 Å². The first kappa shape index (κ1) is 16.3. The van der Waals surface area contributed by atoms with E-state index in [9.17, 15) is 5.11 Å². The fraction of sp³-hybridized carbons (Fsp3) is 0.625. The molecular formula is C16H25ClO2. The van der Waals surface area contributed by atoms with E-state index in [1.807, 2.05) is 12.1 Å². The molecular weight excluding hydrogens is 260 g/mol. The van der Waals surface area contributed by atoms with Crippen molar-refractivity contribution in [3.05, 3.63) is 28.8 Å². The zero-order chi connectivity index (χ0) is 14.3. The molecule has 2 unspecified atom stereocenters. The molecule has 1 rings (SSSR count). The van der Waals surface area contributed by atoms with Gasteiger partial charge in [-0.1, -0.05) is 57.2 Å². The Bertz CT molecular complexity index is 379. The van der Waals surface area contributed by atoms with E-state index in [4.69, 9.17) is 16.3 Å². The molecule has 0 aliphatic rings. The average molecular weight is 285 g/mol. The van der Waals surface area contributed by atoms with E-state index >= 15 is 0 Å². The first-order chi connectivity index (χ1) is 9.13. The van der Waals surface area contributed by atoms with Crippen LogP contribution in [0.15, 0.2) is 18.2 Å². The summed E-state index contributed by atoms with van der Waals surface area (Å²) in [6.45, 7) is 4.37. The molecule has 1 N–H and O–H groups in total. The molecule has 0 spiro atoms. The molecule has 0 bridgehead atoms. The van der Waals surface area contributed by atoms with Crippen molar-refractivity contribution in [2.45, 2.75) is 52.1 Å². The molecule has 1 aromatic carbocycles. The molecule has 0 heterocycles. The van der Waals surface area contributed by atoms with Gasteiger partial charge < -0.3 is 9.84 Å². The topological polar surface area (TPSA) is 29.5 Å². The second-order valence-corrected chi connectivity index (χ2v) is 5.43. The fourth-order valence-electron chi connectivity index (χ4n) is 2.43. The lowest BCUT2D eigenvalue weighted by molar-refractivity contribution is 0.136. The van der Waals surface area contributed by atoms with Crippen molar-refractivity contribution in [1.82, 2.24) is 0 Å². The Morgan fingerprint density at radius 3 is 2.63 bits per heavy atom. The first-order valence-electron chi connectivity index (χ1n) is 7.14. The van der Waals surface area contributed by atoms with Crippen LogP contribution in [0.25, 0.3) is 0 Å². The minimum atomic E-state index is -0.551. The monoisotopic (exact) mass is 284 g/mol. The number of halogens is 1. The highest BCUT2D eigenvalue weighted by molar-refractivity contribution is 6.31. The van der Waals surface area contributed by atoms with Crippen LogP contribution in [0, 0.1) is 5.92 Å². The maximum Gasteiger partial charge on any atom is 0.126 e. The third kappa shape index (κ3) is 4.70. The van der Waals surface area contributed by atoms with Crippen molar-refractivity contribution in [2.75, 3.05) is 7.11 Å². The highest BCUT2D eigenvalue weighted by atomic mass is 35.5. The van der Waals surface area contributed by atoms with Crippen LogP contribution in [0.4, 0.5) is 0 Å². The summed E-state index contributed by atoms with van der Waals surface area (Å²) in [7, 11) is 1.61. The predicted octanol–water partition coefficient (Wildman–Crippen LogP) is 4.99. The number of aliphatic hydroxyl groups is 1. The molecule has 2 nitrogen and oxygen atoms in total. The Morgan fingerprint density at radius 1 is 1.32 bits per heavy atom. The van der Waals surface area contributed by atoms with Crippen molar-refractivity contribution in [3.63, 3.8) is 0 Å². The van der Waals surface area contributed by atoms with Gasteiger partial charge in [0.05, 0.1) is 18.2 Å². The van der Waals surface area contributed by atoms with Gasteiger partial charge in [-0.05, 0) is 24.5 Å². The Morgan fingerprint density at radius 2 is 2.05 bits per heavy atom. The first-order valence-corrected chi connectivity index (χ1v) is 7.52. The van der Waals surface area contributed by atoms with E-state index < -0.39 is 6.10 Å². The van der Waals surface area contributed by atoms with E-state index in [-0.39, 0.29) is 0 Å². The molecule has 0 fully saturated rings. The molecule has 0 aliphatic carbocycles. The number of unbranched alkanes of at least 4 members (excludes halogenated alkanes) is 1. The van der Waals surface area contributed by atoms with Crippen molar-refractivity contribution >= 4 is 11.6 Å². The number of hydrogen-bond acceptors (Lipinski definition) is 2. The molecule has 0 radical (unpaired) electrons. The Labute approximate surface area is 121 Å². The summed E-state index contributed by atoms with van der Waals surface area (Å²) in [6.07, 6.45) is 4.86. The third-order valence-corrected chi connectivity index (χ3v) is 4.00. The maximum atomic E-state index is 10.4. The number of methoxy groups -OCH3 is 1. The molecule has 2 atom stereocenters. The lowest BCUT2D eigenvalue weighted by atomic mass is 9.90. The number of aliphatic hydroxyl groups excluding tert-OH is 1. The fourth-order valence-corrected chi connectivity index (χ4v) is 2.73. The molecule has 0 saturated heterocycles. The summed E-state index contributed by atoms with van der Waals surface area (Å²) in [6, 6.07) is 5.48. The highest BCUT2D eigenvalue weighted by Gasteiger charge is 2.20. The molecule has 1 aromatic rings. The molecule has 0 amide bonds. The van der Waals surface area contributed by atoms with Crippen LogP contribution in [-0.2, 0) is 0 Å². The minimum absolute atomic E-state index is 0.538. The predicted molar refractivity (Wildman–Crippen MR) is 80.9 cm³/mol. The average Bonchev–Trinajstić information content (AvgIpc) is 2.42. The van der Waals surface area contributed by atoms with Crippen LogP contribution in [0.3, 0.4) is 0 Å². The van der Waals surface area contributed by atoms with E-state index in [0.717, 1.165) is 24.8 Å². The van der Waals surface area contributed by atoms with Crippen LogP contribution in [0.2, 0.25) is 5.02 Å². The summed E-state index contributed by atoms with van der Waals surface area (Å²) in [5.41, 5.74) is 0.724. The number of ether oxygens (including phenoxy) is 1. The SMILES string of the molecule is CCCCC(CC)CC(O)c1c(Cl)cccc1OC. The van der Waals surface area contributed by atoms with Gasteiger partial charge >= 0.3 is 0 Å². The van der Waals surface area contributed by atoms with E-state index in [0.29, 0.717) is 16.7 Å². The summed E-state index contributed by atoms with van der Waals surface area (Å²) >= 11 is 6.19. The molecule has 0 aliphatic heterocycles.